The average Bonchev–Trinajstić information content (AvgIpc) is 2.79. The second kappa shape index (κ2) is 2.73. The summed E-state index contributed by atoms with van der Waals surface area (Å²) < 4.78 is 0. The van der Waals surface area contributed by atoms with Gasteiger partial charge in [-0.1, -0.05) is 0 Å². The van der Waals surface area contributed by atoms with Gasteiger partial charge in [0.25, 0.3) is 0 Å². The summed E-state index contributed by atoms with van der Waals surface area (Å²) in [5.74, 6) is 3.36. The fourth-order valence-corrected chi connectivity index (χ4v) is 2.60. The zero-order valence-electron chi connectivity index (χ0n) is 7.76. The molecule has 0 spiro atoms. The van der Waals surface area contributed by atoms with Crippen LogP contribution in [0.2, 0.25) is 0 Å². The molecule has 3 aliphatic carbocycles. The molecule has 2 unspecified atom stereocenters. The fraction of sp³-hybridized carbons (Fsp3) is 1.00. The second-order valence-electron chi connectivity index (χ2n) is 5.02. The molecule has 0 aromatic carbocycles. The van der Waals surface area contributed by atoms with Crippen molar-refractivity contribution in [1.82, 2.24) is 5.32 Å². The van der Waals surface area contributed by atoms with Crippen molar-refractivity contribution in [2.75, 3.05) is 6.54 Å². The molecule has 0 amide bonds. The lowest BCUT2D eigenvalue weighted by Gasteiger charge is -2.37. The van der Waals surface area contributed by atoms with E-state index in [0.717, 1.165) is 23.8 Å². The monoisotopic (exact) mass is 165 g/mol. The molecular weight excluding hydrogens is 146 g/mol. The van der Waals surface area contributed by atoms with Gasteiger partial charge in [-0.25, -0.2) is 0 Å². The van der Waals surface area contributed by atoms with Crippen molar-refractivity contribution < 1.29 is 0 Å². The highest BCUT2D eigenvalue weighted by Crippen LogP contribution is 2.50. The standard InChI is InChI=1S/C11H19N/c1-2-8(1)11-6-3-9(11)7-12-10-4-5-10/h8-12H,1-7H2. The molecule has 0 bridgehead atoms. The summed E-state index contributed by atoms with van der Waals surface area (Å²) in [5.41, 5.74) is 0. The number of rotatable bonds is 4. The topological polar surface area (TPSA) is 12.0 Å². The van der Waals surface area contributed by atoms with Gasteiger partial charge in [-0.05, 0) is 62.8 Å². The van der Waals surface area contributed by atoms with Gasteiger partial charge < -0.3 is 5.32 Å². The van der Waals surface area contributed by atoms with E-state index in [1.165, 1.54) is 25.8 Å². The molecule has 1 nitrogen and oxygen atoms in total. The highest BCUT2D eigenvalue weighted by atomic mass is 14.9. The molecule has 68 valence electrons. The SMILES string of the molecule is C1CC1NCC1CCC1C1CC1. The predicted octanol–water partition coefficient (Wildman–Crippen LogP) is 2.17. The van der Waals surface area contributed by atoms with E-state index in [2.05, 4.69) is 5.32 Å². The molecule has 3 aliphatic rings. The first-order chi connectivity index (χ1) is 5.93. The van der Waals surface area contributed by atoms with Gasteiger partial charge in [0, 0.05) is 6.04 Å². The Morgan fingerprint density at radius 2 is 1.75 bits per heavy atom. The third kappa shape index (κ3) is 1.39. The van der Waals surface area contributed by atoms with Crippen molar-refractivity contribution >= 4 is 0 Å². The normalized spacial score (nSPS) is 41.0. The largest absolute Gasteiger partial charge is 0.314 e. The van der Waals surface area contributed by atoms with Crippen molar-refractivity contribution in [3.05, 3.63) is 0 Å². The molecule has 3 fully saturated rings. The van der Waals surface area contributed by atoms with Crippen LogP contribution in [0, 0.1) is 17.8 Å². The lowest BCUT2D eigenvalue weighted by atomic mass is 9.71. The average molecular weight is 165 g/mol. The van der Waals surface area contributed by atoms with Crippen molar-refractivity contribution in [3.8, 4) is 0 Å². The van der Waals surface area contributed by atoms with Crippen LogP contribution in [0.4, 0.5) is 0 Å². The van der Waals surface area contributed by atoms with Crippen molar-refractivity contribution in [2.24, 2.45) is 17.8 Å². The first-order valence-electron chi connectivity index (χ1n) is 5.67. The summed E-state index contributed by atoms with van der Waals surface area (Å²) in [6.45, 7) is 1.34. The quantitative estimate of drug-likeness (QED) is 0.673. The van der Waals surface area contributed by atoms with E-state index in [0.29, 0.717) is 0 Å². The van der Waals surface area contributed by atoms with E-state index in [-0.39, 0.29) is 0 Å². The van der Waals surface area contributed by atoms with Crippen molar-refractivity contribution in [3.63, 3.8) is 0 Å². The Labute approximate surface area is 74.9 Å². The van der Waals surface area contributed by atoms with Crippen LogP contribution in [-0.2, 0) is 0 Å². The number of hydrogen-bond donors (Lipinski definition) is 1. The zero-order chi connectivity index (χ0) is 7.97. The van der Waals surface area contributed by atoms with Crippen LogP contribution < -0.4 is 5.32 Å². The Balaban J connectivity index is 1.42. The van der Waals surface area contributed by atoms with E-state index in [4.69, 9.17) is 0 Å². The molecule has 0 aromatic rings. The first kappa shape index (κ1) is 7.37. The van der Waals surface area contributed by atoms with Crippen LogP contribution in [0.1, 0.15) is 38.5 Å². The maximum Gasteiger partial charge on any atom is 0.00683 e. The fourth-order valence-electron chi connectivity index (χ4n) is 2.60. The van der Waals surface area contributed by atoms with Gasteiger partial charge in [-0.15, -0.1) is 0 Å². The van der Waals surface area contributed by atoms with Crippen LogP contribution in [0.15, 0.2) is 0 Å². The van der Waals surface area contributed by atoms with E-state index >= 15 is 0 Å². The lowest BCUT2D eigenvalue weighted by molar-refractivity contribution is 0.146. The Morgan fingerprint density at radius 3 is 2.25 bits per heavy atom. The summed E-state index contributed by atoms with van der Waals surface area (Å²) in [7, 11) is 0. The summed E-state index contributed by atoms with van der Waals surface area (Å²) in [5, 5.41) is 3.67. The van der Waals surface area contributed by atoms with Crippen LogP contribution in [0.3, 0.4) is 0 Å². The molecule has 0 aliphatic heterocycles. The summed E-state index contributed by atoms with van der Waals surface area (Å²) in [6.07, 6.45) is 9.04. The Hall–Kier alpha value is -0.0400. The van der Waals surface area contributed by atoms with E-state index in [1.54, 1.807) is 19.3 Å². The first-order valence-corrected chi connectivity index (χ1v) is 5.67. The summed E-state index contributed by atoms with van der Waals surface area (Å²) >= 11 is 0. The van der Waals surface area contributed by atoms with Gasteiger partial charge in [-0.2, -0.15) is 0 Å². The number of hydrogen-bond acceptors (Lipinski definition) is 1. The van der Waals surface area contributed by atoms with Crippen LogP contribution in [0.5, 0.6) is 0 Å². The molecule has 3 saturated carbocycles. The molecule has 12 heavy (non-hydrogen) atoms. The number of nitrogens with one attached hydrogen (secondary N) is 1. The second-order valence-corrected chi connectivity index (χ2v) is 5.02. The Morgan fingerprint density at radius 1 is 0.917 bits per heavy atom. The van der Waals surface area contributed by atoms with Gasteiger partial charge >= 0.3 is 0 Å². The van der Waals surface area contributed by atoms with Gasteiger partial charge in [0.1, 0.15) is 0 Å². The lowest BCUT2D eigenvalue weighted by Crippen LogP contribution is -2.37. The molecule has 0 aromatic heterocycles. The summed E-state index contributed by atoms with van der Waals surface area (Å²) in [6, 6.07) is 0.922. The van der Waals surface area contributed by atoms with Crippen LogP contribution >= 0.6 is 0 Å². The van der Waals surface area contributed by atoms with Gasteiger partial charge in [-0.3, -0.25) is 0 Å². The highest BCUT2D eigenvalue weighted by molar-refractivity contribution is 4.94. The molecular formula is C11H19N. The molecule has 0 radical (unpaired) electrons. The Bertz CT molecular complexity index is 170. The van der Waals surface area contributed by atoms with Crippen LogP contribution in [0.25, 0.3) is 0 Å². The maximum atomic E-state index is 3.67. The molecule has 2 atom stereocenters. The molecule has 0 heterocycles. The van der Waals surface area contributed by atoms with Gasteiger partial charge in [0.05, 0.1) is 0 Å². The van der Waals surface area contributed by atoms with Crippen molar-refractivity contribution in [1.29, 1.82) is 0 Å². The summed E-state index contributed by atoms with van der Waals surface area (Å²) in [4.78, 5) is 0. The minimum Gasteiger partial charge on any atom is -0.314 e. The van der Waals surface area contributed by atoms with Crippen LogP contribution in [-0.4, -0.2) is 12.6 Å². The minimum absolute atomic E-state index is 0.922. The molecule has 0 saturated heterocycles. The smallest absolute Gasteiger partial charge is 0.00683 e. The van der Waals surface area contributed by atoms with Gasteiger partial charge in [0.2, 0.25) is 0 Å². The van der Waals surface area contributed by atoms with Gasteiger partial charge in [0.15, 0.2) is 0 Å². The maximum absolute atomic E-state index is 3.67. The third-order valence-electron chi connectivity index (χ3n) is 3.95. The third-order valence-corrected chi connectivity index (χ3v) is 3.95. The molecule has 1 heteroatoms. The highest BCUT2D eigenvalue weighted by Gasteiger charge is 2.41. The molecule has 1 N–H and O–H groups in total. The minimum atomic E-state index is 0.922. The van der Waals surface area contributed by atoms with E-state index in [9.17, 15) is 0 Å². The van der Waals surface area contributed by atoms with Crippen molar-refractivity contribution in [2.45, 2.75) is 44.6 Å². The van der Waals surface area contributed by atoms with E-state index in [1.807, 2.05) is 0 Å². The molecule has 3 rings (SSSR count). The van der Waals surface area contributed by atoms with E-state index < -0.39 is 0 Å². The Kier molecular flexibility index (Phi) is 1.68. The predicted molar refractivity (Wildman–Crippen MR) is 50.0 cm³/mol. The zero-order valence-corrected chi connectivity index (χ0v) is 7.76.